The van der Waals surface area contributed by atoms with Gasteiger partial charge in [-0.2, -0.15) is 0 Å². The van der Waals surface area contributed by atoms with Gasteiger partial charge < -0.3 is 24.8 Å². The molecule has 1 aliphatic rings. The Morgan fingerprint density at radius 2 is 1.45 bits per heavy atom. The molecule has 5 nitrogen and oxygen atoms in total. The highest BCUT2D eigenvalue weighted by molar-refractivity contribution is 4.89. The highest BCUT2D eigenvalue weighted by Crippen LogP contribution is 2.21. The van der Waals surface area contributed by atoms with Crippen molar-refractivity contribution in [3.05, 3.63) is 12.2 Å². The molecule has 0 radical (unpaired) electrons. The lowest BCUT2D eigenvalue weighted by molar-refractivity contribution is -0.0938. The molecule has 1 heterocycles. The molecule has 3 N–H and O–H groups in total. The minimum atomic E-state index is -1.00. The van der Waals surface area contributed by atoms with Gasteiger partial charge in [0.1, 0.15) is 24.4 Å². The first-order chi connectivity index (χ1) is 14.2. The lowest BCUT2D eigenvalue weighted by Gasteiger charge is -2.23. The van der Waals surface area contributed by atoms with E-state index in [-0.39, 0.29) is 13.2 Å². The van der Waals surface area contributed by atoms with Gasteiger partial charge in [-0.3, -0.25) is 0 Å². The Morgan fingerprint density at radius 3 is 2.03 bits per heavy atom. The minimum absolute atomic E-state index is 0.152. The third kappa shape index (κ3) is 12.7. The van der Waals surface area contributed by atoms with E-state index in [0.717, 1.165) is 12.8 Å². The molecule has 0 bridgehead atoms. The smallest absolute Gasteiger partial charge is 0.114 e. The van der Waals surface area contributed by atoms with Crippen molar-refractivity contribution < 1.29 is 24.8 Å². The Kier molecular flexibility index (Phi) is 16.8. The molecule has 0 spiro atoms. The summed E-state index contributed by atoms with van der Waals surface area (Å²) in [5, 5.41) is 28.7. The Labute approximate surface area is 178 Å². The van der Waals surface area contributed by atoms with Crippen molar-refractivity contribution in [3.8, 4) is 0 Å². The van der Waals surface area contributed by atoms with Gasteiger partial charge in [0.05, 0.1) is 13.2 Å². The largest absolute Gasteiger partial charge is 0.394 e. The van der Waals surface area contributed by atoms with Gasteiger partial charge in [0, 0.05) is 6.61 Å². The lowest BCUT2D eigenvalue weighted by atomic mass is 10.1. The molecule has 1 aliphatic heterocycles. The van der Waals surface area contributed by atoms with E-state index in [0.29, 0.717) is 6.61 Å². The average Bonchev–Trinajstić information content (AvgIpc) is 3.10. The number of ether oxygens (including phenoxy) is 2. The Morgan fingerprint density at radius 1 is 0.897 bits per heavy atom. The Bertz CT molecular complexity index is 387. The molecular weight excluding hydrogens is 368 g/mol. The minimum Gasteiger partial charge on any atom is -0.394 e. The molecule has 0 amide bonds. The summed E-state index contributed by atoms with van der Waals surface area (Å²) < 4.78 is 11.0. The van der Waals surface area contributed by atoms with E-state index in [1.165, 1.54) is 77.0 Å². The first-order valence-corrected chi connectivity index (χ1v) is 12.1. The molecule has 0 saturated carbocycles. The number of hydrogen-bond acceptors (Lipinski definition) is 5. The zero-order valence-corrected chi connectivity index (χ0v) is 18.6. The van der Waals surface area contributed by atoms with Crippen LogP contribution in [0.5, 0.6) is 0 Å². The second-order valence-corrected chi connectivity index (χ2v) is 8.39. The fraction of sp³-hybridized carbons (Fsp3) is 0.917. The maximum Gasteiger partial charge on any atom is 0.114 e. The van der Waals surface area contributed by atoms with Crippen LogP contribution in [0.15, 0.2) is 12.2 Å². The molecule has 29 heavy (non-hydrogen) atoms. The van der Waals surface area contributed by atoms with Crippen LogP contribution >= 0.6 is 0 Å². The number of aliphatic hydroxyl groups is 3. The van der Waals surface area contributed by atoms with Crippen LogP contribution < -0.4 is 0 Å². The summed E-state index contributed by atoms with van der Waals surface area (Å²) >= 11 is 0. The molecule has 0 aromatic carbocycles. The van der Waals surface area contributed by atoms with Crippen molar-refractivity contribution in [3.63, 3.8) is 0 Å². The van der Waals surface area contributed by atoms with E-state index in [4.69, 9.17) is 14.6 Å². The van der Waals surface area contributed by atoms with Crippen molar-refractivity contribution in [2.24, 2.45) is 0 Å². The Balaban J connectivity index is 1.87. The van der Waals surface area contributed by atoms with Crippen LogP contribution in [0.2, 0.25) is 0 Å². The van der Waals surface area contributed by atoms with Crippen molar-refractivity contribution >= 4 is 0 Å². The van der Waals surface area contributed by atoms with Gasteiger partial charge in [0.25, 0.3) is 0 Å². The third-order valence-corrected chi connectivity index (χ3v) is 5.70. The van der Waals surface area contributed by atoms with Gasteiger partial charge in [-0.05, 0) is 32.1 Å². The van der Waals surface area contributed by atoms with Crippen LogP contribution in [-0.2, 0) is 9.47 Å². The van der Waals surface area contributed by atoms with Gasteiger partial charge in [-0.15, -0.1) is 0 Å². The summed E-state index contributed by atoms with van der Waals surface area (Å²) in [6.45, 7) is 2.59. The van der Waals surface area contributed by atoms with Gasteiger partial charge in [-0.1, -0.05) is 76.9 Å². The predicted molar refractivity (Wildman–Crippen MR) is 118 cm³/mol. The molecule has 0 aromatic rings. The maximum atomic E-state index is 9.89. The van der Waals surface area contributed by atoms with Crippen molar-refractivity contribution in [2.75, 3.05) is 19.8 Å². The summed E-state index contributed by atoms with van der Waals surface area (Å²) in [6.07, 6.45) is 19.6. The first kappa shape index (κ1) is 26.6. The van der Waals surface area contributed by atoms with Gasteiger partial charge in [0.15, 0.2) is 0 Å². The fourth-order valence-corrected chi connectivity index (χ4v) is 3.83. The number of hydrogen-bond donors (Lipinski definition) is 3. The maximum absolute atomic E-state index is 9.89. The van der Waals surface area contributed by atoms with Gasteiger partial charge in [0.2, 0.25) is 0 Å². The molecule has 0 aliphatic carbocycles. The number of unbranched alkanes of at least 4 members (excludes halogenated alkanes) is 12. The van der Waals surface area contributed by atoms with E-state index < -0.39 is 24.4 Å². The second kappa shape index (κ2) is 18.3. The van der Waals surface area contributed by atoms with Crippen LogP contribution in [0.25, 0.3) is 0 Å². The molecular formula is C24H46O5. The van der Waals surface area contributed by atoms with Crippen molar-refractivity contribution in [1.29, 1.82) is 0 Å². The zero-order valence-electron chi connectivity index (χ0n) is 18.6. The molecule has 0 aromatic heterocycles. The molecule has 5 heteroatoms. The molecule has 172 valence electrons. The Hall–Kier alpha value is -0.460. The summed E-state index contributed by atoms with van der Waals surface area (Å²) in [4.78, 5) is 0. The highest BCUT2D eigenvalue weighted by Gasteiger charge is 2.40. The monoisotopic (exact) mass is 414 g/mol. The molecule has 4 atom stereocenters. The van der Waals surface area contributed by atoms with Crippen LogP contribution in [-0.4, -0.2) is 59.6 Å². The summed E-state index contributed by atoms with van der Waals surface area (Å²) in [6, 6.07) is 0. The van der Waals surface area contributed by atoms with E-state index in [2.05, 4.69) is 19.1 Å². The molecule has 1 fully saturated rings. The van der Waals surface area contributed by atoms with Crippen LogP contribution in [0.4, 0.5) is 0 Å². The lowest BCUT2D eigenvalue weighted by Crippen LogP contribution is -2.42. The standard InChI is InChI=1S/C24H46O5/c1-2-3-4-5-6-7-8-9-10-11-12-13-14-15-16-17-18-28-24-22(27)20-29-23(24)21(26)19-25/h10-11,21-27H,2-9,12-20H2,1H3/b11-10+/t21-,22+,23+,24+/m0/s1. The van der Waals surface area contributed by atoms with Gasteiger partial charge in [-0.25, -0.2) is 0 Å². The molecule has 1 saturated heterocycles. The first-order valence-electron chi connectivity index (χ1n) is 12.1. The van der Waals surface area contributed by atoms with Crippen molar-refractivity contribution in [1.82, 2.24) is 0 Å². The molecule has 1 rings (SSSR count). The normalized spacial score (nSPS) is 23.2. The highest BCUT2D eigenvalue weighted by atomic mass is 16.6. The second-order valence-electron chi connectivity index (χ2n) is 8.39. The van der Waals surface area contributed by atoms with Crippen LogP contribution in [0.3, 0.4) is 0 Å². The average molecular weight is 415 g/mol. The summed E-state index contributed by atoms with van der Waals surface area (Å²) in [7, 11) is 0. The quantitative estimate of drug-likeness (QED) is 0.214. The van der Waals surface area contributed by atoms with Crippen LogP contribution in [0, 0.1) is 0 Å². The number of allylic oxidation sites excluding steroid dienone is 2. The van der Waals surface area contributed by atoms with Crippen molar-refractivity contribution in [2.45, 2.75) is 121 Å². The van der Waals surface area contributed by atoms with E-state index in [1.807, 2.05) is 0 Å². The summed E-state index contributed by atoms with van der Waals surface area (Å²) in [5.41, 5.74) is 0. The zero-order chi connectivity index (χ0) is 21.2. The van der Waals surface area contributed by atoms with E-state index >= 15 is 0 Å². The van der Waals surface area contributed by atoms with E-state index in [9.17, 15) is 10.2 Å². The summed E-state index contributed by atoms with van der Waals surface area (Å²) in [5.74, 6) is 0. The van der Waals surface area contributed by atoms with Gasteiger partial charge >= 0.3 is 0 Å². The molecule has 0 unspecified atom stereocenters. The fourth-order valence-electron chi connectivity index (χ4n) is 3.83. The third-order valence-electron chi connectivity index (χ3n) is 5.70. The van der Waals surface area contributed by atoms with E-state index in [1.54, 1.807) is 0 Å². The topological polar surface area (TPSA) is 79.2 Å². The predicted octanol–water partition coefficient (Wildman–Crippen LogP) is 4.52. The number of rotatable bonds is 19. The van der Waals surface area contributed by atoms with Crippen LogP contribution in [0.1, 0.15) is 96.8 Å². The SMILES string of the molecule is CCCCCCCCC/C=C/CCCCCCCO[C@H]1[C@@H]([C@@H](O)CO)OC[C@H]1O. The number of aliphatic hydroxyl groups excluding tert-OH is 3.